The third-order valence-electron chi connectivity index (χ3n) is 4.70. The van der Waals surface area contributed by atoms with Crippen molar-refractivity contribution in [1.29, 1.82) is 0 Å². The molecule has 1 saturated carbocycles. The molecule has 1 aliphatic carbocycles. The highest BCUT2D eigenvalue weighted by Gasteiger charge is 2.24. The number of nitrogens with zero attached hydrogens (tertiary/aromatic N) is 3. The van der Waals surface area contributed by atoms with E-state index in [-0.39, 0.29) is 23.1 Å². The summed E-state index contributed by atoms with van der Waals surface area (Å²) in [5, 5.41) is 5.73. The molecule has 2 N–H and O–H groups in total. The zero-order valence-electron chi connectivity index (χ0n) is 14.3. The minimum atomic E-state index is -0.348. The van der Waals surface area contributed by atoms with E-state index in [0.717, 1.165) is 17.8 Å². The van der Waals surface area contributed by atoms with E-state index in [9.17, 15) is 9.59 Å². The minimum Gasteiger partial charge on any atom is -0.350 e. The van der Waals surface area contributed by atoms with Gasteiger partial charge in [0, 0.05) is 24.0 Å². The molecule has 1 fully saturated rings. The van der Waals surface area contributed by atoms with Crippen LogP contribution in [-0.4, -0.2) is 32.2 Å². The van der Waals surface area contributed by atoms with Gasteiger partial charge >= 0.3 is 0 Å². The lowest BCUT2D eigenvalue weighted by Crippen LogP contribution is -2.30. The van der Waals surface area contributed by atoms with Crippen molar-refractivity contribution in [3.8, 4) is 5.95 Å². The highest BCUT2D eigenvalue weighted by molar-refractivity contribution is 5.92. The predicted octanol–water partition coefficient (Wildman–Crippen LogP) is 1.74. The summed E-state index contributed by atoms with van der Waals surface area (Å²) in [6.07, 6.45) is 3.59. The molecule has 7 heteroatoms. The molecule has 2 heterocycles. The molecule has 0 bridgehead atoms. The summed E-state index contributed by atoms with van der Waals surface area (Å²) in [5.41, 5.74) is 1.41. The van der Waals surface area contributed by atoms with Crippen molar-refractivity contribution in [3.05, 3.63) is 39.6 Å². The largest absolute Gasteiger partial charge is 0.350 e. The quantitative estimate of drug-likeness (QED) is 0.893. The van der Waals surface area contributed by atoms with Gasteiger partial charge in [-0.2, -0.15) is 4.68 Å². The summed E-state index contributed by atoms with van der Waals surface area (Å²) < 4.78 is 1.20. The Kier molecular flexibility index (Phi) is 4.51. The van der Waals surface area contributed by atoms with Crippen molar-refractivity contribution in [2.24, 2.45) is 11.8 Å². The molecular weight excluding hydrogens is 306 g/mol. The fourth-order valence-corrected chi connectivity index (χ4v) is 3.31. The summed E-state index contributed by atoms with van der Waals surface area (Å²) in [6.45, 7) is 6.54. The number of aryl methyl sites for hydroxylation is 2. The van der Waals surface area contributed by atoms with Crippen molar-refractivity contribution in [2.45, 2.75) is 40.0 Å². The Morgan fingerprint density at radius 3 is 2.62 bits per heavy atom. The van der Waals surface area contributed by atoms with Crippen molar-refractivity contribution in [1.82, 2.24) is 25.1 Å². The summed E-state index contributed by atoms with van der Waals surface area (Å²) in [4.78, 5) is 32.9. The molecule has 0 aliphatic heterocycles. The summed E-state index contributed by atoms with van der Waals surface area (Å²) >= 11 is 0. The van der Waals surface area contributed by atoms with Crippen LogP contribution in [0, 0.1) is 25.7 Å². The van der Waals surface area contributed by atoms with Gasteiger partial charge in [0.2, 0.25) is 0 Å². The van der Waals surface area contributed by atoms with Gasteiger partial charge in [-0.1, -0.05) is 19.8 Å². The highest BCUT2D eigenvalue weighted by atomic mass is 16.2. The van der Waals surface area contributed by atoms with Gasteiger partial charge in [0.15, 0.2) is 0 Å². The number of aromatic nitrogens is 4. The smallest absolute Gasteiger partial charge is 0.274 e. The molecule has 2 aromatic rings. The first-order chi connectivity index (χ1) is 11.4. The molecule has 2 unspecified atom stereocenters. The highest BCUT2D eigenvalue weighted by Crippen LogP contribution is 2.30. The summed E-state index contributed by atoms with van der Waals surface area (Å²) in [7, 11) is 0. The molecule has 128 valence electrons. The molecule has 0 radical (unpaired) electrons. The number of carbonyl (C=O) groups excluding carboxylic acids is 1. The maximum Gasteiger partial charge on any atom is 0.274 e. The molecular formula is C17H23N5O2. The number of aromatic amines is 1. The van der Waals surface area contributed by atoms with Crippen LogP contribution >= 0.6 is 0 Å². The molecule has 7 nitrogen and oxygen atoms in total. The Morgan fingerprint density at radius 2 is 2.00 bits per heavy atom. The lowest BCUT2D eigenvalue weighted by Gasteiger charge is -2.15. The van der Waals surface area contributed by atoms with E-state index in [1.54, 1.807) is 0 Å². The summed E-state index contributed by atoms with van der Waals surface area (Å²) in [6, 6.07) is 3.11. The number of carbonyl (C=O) groups is 1. The third-order valence-corrected chi connectivity index (χ3v) is 4.70. The van der Waals surface area contributed by atoms with Crippen molar-refractivity contribution in [2.75, 3.05) is 6.54 Å². The number of H-pyrrole nitrogens is 1. The van der Waals surface area contributed by atoms with Crippen LogP contribution in [0.5, 0.6) is 0 Å². The lowest BCUT2D eigenvalue weighted by molar-refractivity contribution is 0.0939. The number of nitrogens with one attached hydrogen (secondary N) is 2. The van der Waals surface area contributed by atoms with E-state index in [4.69, 9.17) is 0 Å². The second-order valence-electron chi connectivity index (χ2n) is 6.67. The van der Waals surface area contributed by atoms with E-state index in [1.165, 1.54) is 23.6 Å². The van der Waals surface area contributed by atoms with Crippen LogP contribution in [0.1, 0.15) is 48.1 Å². The monoisotopic (exact) mass is 329 g/mol. The van der Waals surface area contributed by atoms with Crippen molar-refractivity contribution < 1.29 is 4.79 Å². The van der Waals surface area contributed by atoms with Gasteiger partial charge in [0.05, 0.1) is 0 Å². The Labute approximate surface area is 140 Å². The van der Waals surface area contributed by atoms with Gasteiger partial charge in [-0.25, -0.2) is 9.97 Å². The topological polar surface area (TPSA) is 92.7 Å². The molecule has 0 aromatic carbocycles. The third kappa shape index (κ3) is 3.39. The Morgan fingerprint density at radius 1 is 1.29 bits per heavy atom. The van der Waals surface area contributed by atoms with E-state index >= 15 is 0 Å². The van der Waals surface area contributed by atoms with Gasteiger partial charge in [-0.05, 0) is 38.2 Å². The molecule has 3 rings (SSSR count). The second-order valence-corrected chi connectivity index (χ2v) is 6.67. The first-order valence-corrected chi connectivity index (χ1v) is 8.37. The van der Waals surface area contributed by atoms with E-state index in [1.807, 2.05) is 19.9 Å². The van der Waals surface area contributed by atoms with Crippen LogP contribution in [0.3, 0.4) is 0 Å². The number of rotatable bonds is 4. The number of hydrogen-bond acceptors (Lipinski definition) is 4. The zero-order valence-corrected chi connectivity index (χ0v) is 14.3. The zero-order chi connectivity index (χ0) is 17.3. The van der Waals surface area contributed by atoms with E-state index < -0.39 is 0 Å². The van der Waals surface area contributed by atoms with E-state index in [0.29, 0.717) is 18.4 Å². The molecule has 2 aromatic heterocycles. The maximum atomic E-state index is 12.3. The van der Waals surface area contributed by atoms with Gasteiger partial charge in [-0.15, -0.1) is 0 Å². The Hall–Kier alpha value is -2.44. The average molecular weight is 329 g/mol. The van der Waals surface area contributed by atoms with Crippen LogP contribution in [-0.2, 0) is 0 Å². The Bertz CT molecular complexity index is 787. The summed E-state index contributed by atoms with van der Waals surface area (Å²) in [5.74, 6) is 1.14. The predicted molar refractivity (Wildman–Crippen MR) is 90.3 cm³/mol. The molecule has 1 aliphatic rings. The standard InChI is InChI=1S/C17H23N5O2/c1-10-5-4-6-13(10)9-18-16(24)14-8-15(23)22(21-14)17-19-11(2)7-12(3)20-17/h7-8,10,13,21H,4-6,9H2,1-3H3,(H,18,24). The van der Waals surface area contributed by atoms with Crippen LogP contribution in [0.25, 0.3) is 5.95 Å². The minimum absolute atomic E-state index is 0.230. The van der Waals surface area contributed by atoms with Crippen molar-refractivity contribution >= 4 is 5.91 Å². The van der Waals surface area contributed by atoms with Crippen LogP contribution in [0.15, 0.2) is 16.9 Å². The fourth-order valence-electron chi connectivity index (χ4n) is 3.31. The first-order valence-electron chi connectivity index (χ1n) is 8.37. The first kappa shape index (κ1) is 16.4. The van der Waals surface area contributed by atoms with E-state index in [2.05, 4.69) is 27.3 Å². The van der Waals surface area contributed by atoms with Crippen molar-refractivity contribution in [3.63, 3.8) is 0 Å². The maximum absolute atomic E-state index is 12.3. The molecule has 0 spiro atoms. The fraction of sp³-hybridized carbons (Fsp3) is 0.529. The normalized spacial score (nSPS) is 20.3. The van der Waals surface area contributed by atoms with Gasteiger partial charge in [-0.3, -0.25) is 14.7 Å². The second kappa shape index (κ2) is 6.59. The van der Waals surface area contributed by atoms with Gasteiger partial charge in [0.25, 0.3) is 17.4 Å². The van der Waals surface area contributed by atoms with Gasteiger partial charge < -0.3 is 5.32 Å². The molecule has 1 amide bonds. The number of hydrogen-bond donors (Lipinski definition) is 2. The lowest BCUT2D eigenvalue weighted by atomic mass is 9.98. The molecule has 24 heavy (non-hydrogen) atoms. The molecule has 2 atom stereocenters. The Balaban J connectivity index is 1.75. The van der Waals surface area contributed by atoms with Crippen LogP contribution < -0.4 is 10.9 Å². The van der Waals surface area contributed by atoms with Crippen LogP contribution in [0.4, 0.5) is 0 Å². The SMILES string of the molecule is Cc1cc(C)nc(-n2[nH]c(C(=O)NCC3CCCC3C)cc2=O)n1. The van der Waals surface area contributed by atoms with Crippen LogP contribution in [0.2, 0.25) is 0 Å². The number of amides is 1. The molecule has 0 saturated heterocycles. The average Bonchev–Trinajstić information content (AvgIpc) is 3.10. The van der Waals surface area contributed by atoms with Gasteiger partial charge in [0.1, 0.15) is 5.69 Å².